The molecule has 0 spiro atoms. The Balaban J connectivity index is 1.35. The van der Waals surface area contributed by atoms with Gasteiger partial charge in [0.05, 0.1) is 6.04 Å². The van der Waals surface area contributed by atoms with Crippen LogP contribution in [0.15, 0.2) is 64.2 Å². The average Bonchev–Trinajstić information content (AvgIpc) is 3.13. The summed E-state index contributed by atoms with van der Waals surface area (Å²) in [5, 5.41) is 8.09. The SMILES string of the molecule is CC(=NOCC(=O)NC1CCCc2ccccc21)c1cc2ccccc2o1. The van der Waals surface area contributed by atoms with Crippen LogP contribution in [0, 0.1) is 0 Å². The fourth-order valence-electron chi connectivity index (χ4n) is 3.53. The first-order valence-electron chi connectivity index (χ1n) is 9.23. The van der Waals surface area contributed by atoms with Gasteiger partial charge < -0.3 is 14.6 Å². The zero-order valence-electron chi connectivity index (χ0n) is 15.3. The zero-order valence-corrected chi connectivity index (χ0v) is 15.3. The largest absolute Gasteiger partial charge is 0.455 e. The average molecular weight is 362 g/mol. The summed E-state index contributed by atoms with van der Waals surface area (Å²) in [7, 11) is 0. The number of hydrogen-bond donors (Lipinski definition) is 1. The Labute approximate surface area is 158 Å². The molecule has 1 heterocycles. The summed E-state index contributed by atoms with van der Waals surface area (Å²) < 4.78 is 5.74. The molecule has 4 rings (SSSR count). The number of rotatable bonds is 5. The third kappa shape index (κ3) is 3.87. The lowest BCUT2D eigenvalue weighted by atomic mass is 9.88. The summed E-state index contributed by atoms with van der Waals surface area (Å²) >= 11 is 0. The van der Waals surface area contributed by atoms with E-state index in [2.05, 4.69) is 22.6 Å². The summed E-state index contributed by atoms with van der Waals surface area (Å²) in [6.45, 7) is 1.68. The smallest absolute Gasteiger partial charge is 0.261 e. The molecule has 1 unspecified atom stereocenters. The molecule has 1 aliphatic rings. The summed E-state index contributed by atoms with van der Waals surface area (Å²) in [5.74, 6) is 0.468. The van der Waals surface area contributed by atoms with Crippen molar-refractivity contribution in [3.63, 3.8) is 0 Å². The third-order valence-corrected chi connectivity index (χ3v) is 4.88. The van der Waals surface area contributed by atoms with Crippen molar-refractivity contribution in [2.75, 3.05) is 6.61 Å². The molecule has 27 heavy (non-hydrogen) atoms. The molecule has 5 nitrogen and oxygen atoms in total. The Morgan fingerprint density at radius 3 is 2.93 bits per heavy atom. The van der Waals surface area contributed by atoms with Crippen LogP contribution >= 0.6 is 0 Å². The number of hydrogen-bond acceptors (Lipinski definition) is 4. The first-order chi connectivity index (χ1) is 13.2. The van der Waals surface area contributed by atoms with Crippen LogP contribution in [0.4, 0.5) is 0 Å². The molecule has 0 aliphatic heterocycles. The third-order valence-electron chi connectivity index (χ3n) is 4.88. The number of furan rings is 1. The molecule has 0 bridgehead atoms. The van der Waals surface area contributed by atoms with E-state index >= 15 is 0 Å². The van der Waals surface area contributed by atoms with Crippen molar-refractivity contribution in [1.82, 2.24) is 5.32 Å². The zero-order chi connectivity index (χ0) is 18.6. The molecule has 3 aromatic rings. The van der Waals surface area contributed by atoms with Crippen LogP contribution in [0.25, 0.3) is 11.0 Å². The molecule has 0 saturated carbocycles. The second kappa shape index (κ2) is 7.66. The number of nitrogens with one attached hydrogen (secondary N) is 1. The maximum atomic E-state index is 12.3. The molecule has 1 amide bonds. The van der Waals surface area contributed by atoms with Gasteiger partial charge in [0.1, 0.15) is 11.3 Å². The van der Waals surface area contributed by atoms with Gasteiger partial charge in [0.2, 0.25) is 0 Å². The highest BCUT2D eigenvalue weighted by atomic mass is 16.6. The van der Waals surface area contributed by atoms with Crippen LogP contribution in [0.3, 0.4) is 0 Å². The van der Waals surface area contributed by atoms with E-state index in [1.54, 1.807) is 6.92 Å². The van der Waals surface area contributed by atoms with Crippen LogP contribution in [-0.4, -0.2) is 18.2 Å². The predicted octanol–water partition coefficient (Wildman–Crippen LogP) is 4.37. The summed E-state index contributed by atoms with van der Waals surface area (Å²) in [5.41, 5.74) is 3.92. The van der Waals surface area contributed by atoms with Crippen LogP contribution < -0.4 is 5.32 Å². The Bertz CT molecular complexity index is 957. The molecule has 5 heteroatoms. The number of aryl methyl sites for hydroxylation is 1. The predicted molar refractivity (Wildman–Crippen MR) is 105 cm³/mol. The second-order valence-corrected chi connectivity index (χ2v) is 6.81. The van der Waals surface area contributed by atoms with Crippen molar-refractivity contribution in [2.24, 2.45) is 5.16 Å². The lowest BCUT2D eigenvalue weighted by molar-refractivity contribution is -0.126. The minimum absolute atomic E-state index is 0.0477. The molecular formula is C22H22N2O3. The normalized spacial score (nSPS) is 16.8. The fourth-order valence-corrected chi connectivity index (χ4v) is 3.53. The molecule has 138 valence electrons. The van der Waals surface area contributed by atoms with Crippen molar-refractivity contribution >= 4 is 22.6 Å². The van der Waals surface area contributed by atoms with Crippen molar-refractivity contribution in [3.8, 4) is 0 Å². The minimum atomic E-state index is -0.169. The molecule has 0 saturated heterocycles. The maximum absolute atomic E-state index is 12.3. The molecule has 1 atom stereocenters. The van der Waals surface area contributed by atoms with Gasteiger partial charge in [0, 0.05) is 5.39 Å². The van der Waals surface area contributed by atoms with E-state index in [0.717, 1.165) is 30.2 Å². The van der Waals surface area contributed by atoms with Gasteiger partial charge in [0.15, 0.2) is 12.4 Å². The van der Waals surface area contributed by atoms with Crippen molar-refractivity contribution in [2.45, 2.75) is 32.2 Å². The number of oxime groups is 1. The topological polar surface area (TPSA) is 63.8 Å². The number of amides is 1. The van der Waals surface area contributed by atoms with Gasteiger partial charge in [-0.2, -0.15) is 0 Å². The van der Waals surface area contributed by atoms with Crippen LogP contribution in [0.2, 0.25) is 0 Å². The molecule has 0 radical (unpaired) electrons. The molecule has 1 aliphatic carbocycles. The number of carbonyl (C=O) groups is 1. The Hall–Kier alpha value is -3.08. The minimum Gasteiger partial charge on any atom is -0.455 e. The molecule has 2 aromatic carbocycles. The van der Waals surface area contributed by atoms with E-state index in [4.69, 9.17) is 9.25 Å². The Morgan fingerprint density at radius 2 is 2.04 bits per heavy atom. The Kier molecular flexibility index (Phi) is 4.92. The Morgan fingerprint density at radius 1 is 1.22 bits per heavy atom. The molecule has 1 N–H and O–H groups in total. The lowest BCUT2D eigenvalue weighted by Gasteiger charge is -2.26. The first-order valence-corrected chi connectivity index (χ1v) is 9.23. The number of carbonyl (C=O) groups excluding carboxylic acids is 1. The highest BCUT2D eigenvalue weighted by molar-refractivity contribution is 5.99. The van der Waals surface area contributed by atoms with Gasteiger partial charge in [0.25, 0.3) is 5.91 Å². The van der Waals surface area contributed by atoms with Gasteiger partial charge in [-0.25, -0.2) is 0 Å². The van der Waals surface area contributed by atoms with E-state index in [1.165, 1.54) is 11.1 Å². The molecular weight excluding hydrogens is 340 g/mol. The van der Waals surface area contributed by atoms with Crippen molar-refractivity contribution < 1.29 is 14.0 Å². The summed E-state index contributed by atoms with van der Waals surface area (Å²) in [4.78, 5) is 17.5. The summed E-state index contributed by atoms with van der Waals surface area (Å²) in [6.07, 6.45) is 3.09. The van der Waals surface area contributed by atoms with E-state index in [0.29, 0.717) is 11.5 Å². The van der Waals surface area contributed by atoms with Gasteiger partial charge in [-0.15, -0.1) is 0 Å². The number of benzene rings is 2. The quantitative estimate of drug-likeness (QED) is 0.541. The van der Waals surface area contributed by atoms with Crippen LogP contribution in [-0.2, 0) is 16.1 Å². The van der Waals surface area contributed by atoms with Crippen molar-refractivity contribution in [3.05, 3.63) is 71.5 Å². The number of para-hydroxylation sites is 1. The highest BCUT2D eigenvalue weighted by Crippen LogP contribution is 2.29. The highest BCUT2D eigenvalue weighted by Gasteiger charge is 2.21. The van der Waals surface area contributed by atoms with Gasteiger partial charge in [-0.1, -0.05) is 47.6 Å². The first kappa shape index (κ1) is 17.3. The van der Waals surface area contributed by atoms with Crippen LogP contribution in [0.5, 0.6) is 0 Å². The van der Waals surface area contributed by atoms with Gasteiger partial charge in [-0.3, -0.25) is 4.79 Å². The monoisotopic (exact) mass is 362 g/mol. The van der Waals surface area contributed by atoms with E-state index in [-0.39, 0.29) is 18.6 Å². The standard InChI is InChI=1S/C22H22N2O3/c1-15(21-13-17-8-3-5-12-20(17)27-21)24-26-14-22(25)23-19-11-6-9-16-7-2-4-10-18(16)19/h2-5,7-8,10,12-13,19H,6,9,11,14H2,1H3,(H,23,25). The molecule has 0 fully saturated rings. The molecule has 1 aromatic heterocycles. The second-order valence-electron chi connectivity index (χ2n) is 6.81. The fraction of sp³-hybridized carbons (Fsp3) is 0.273. The summed E-state index contributed by atoms with van der Waals surface area (Å²) in [6, 6.07) is 18.0. The lowest BCUT2D eigenvalue weighted by Crippen LogP contribution is -2.33. The number of fused-ring (bicyclic) bond motifs is 2. The maximum Gasteiger partial charge on any atom is 0.261 e. The van der Waals surface area contributed by atoms with Gasteiger partial charge in [-0.05, 0) is 49.4 Å². The van der Waals surface area contributed by atoms with Crippen LogP contribution in [0.1, 0.15) is 42.7 Å². The van der Waals surface area contributed by atoms with E-state index < -0.39 is 0 Å². The van der Waals surface area contributed by atoms with E-state index in [9.17, 15) is 4.79 Å². The number of nitrogens with zero attached hydrogens (tertiary/aromatic N) is 1. The van der Waals surface area contributed by atoms with E-state index in [1.807, 2.05) is 42.5 Å². The van der Waals surface area contributed by atoms with Gasteiger partial charge >= 0.3 is 0 Å². The van der Waals surface area contributed by atoms with Crippen molar-refractivity contribution in [1.29, 1.82) is 0 Å².